The number of hydrogen-bond acceptors (Lipinski definition) is 2. The monoisotopic (exact) mass is 180 g/mol. The summed E-state index contributed by atoms with van der Waals surface area (Å²) in [7, 11) is 0. The molecule has 0 unspecified atom stereocenters. The van der Waals surface area contributed by atoms with Gasteiger partial charge in [0.25, 0.3) is 0 Å². The molecule has 0 rings (SSSR count). The van der Waals surface area contributed by atoms with E-state index in [2.05, 4.69) is 0 Å². The minimum atomic E-state index is 0. The van der Waals surface area contributed by atoms with E-state index in [0.29, 0.717) is 0 Å². The van der Waals surface area contributed by atoms with Crippen LogP contribution in [0.1, 0.15) is 0 Å². The molecule has 0 aromatic carbocycles. The zero-order valence-electron chi connectivity index (χ0n) is 2.38. The number of rotatable bonds is 0. The Hall–Kier alpha value is 0.861. The molecule has 26 valence electrons. The van der Waals surface area contributed by atoms with E-state index in [0.717, 1.165) is 0 Å². The van der Waals surface area contributed by atoms with Gasteiger partial charge in [-0.2, -0.15) is 9.59 Å². The molecule has 0 fully saturated rings. The topological polar surface area (TPSA) is 34.1 Å². The van der Waals surface area contributed by atoms with Gasteiger partial charge in [-0.25, -0.2) is 0 Å². The molecule has 0 spiro atoms. The molecule has 0 amide bonds. The summed E-state index contributed by atoms with van der Waals surface area (Å²) in [5.74, 6) is 0. The number of hydrogen-bond donors (Lipinski definition) is 0. The normalized spacial score (nSPS) is 1.60. The van der Waals surface area contributed by atoms with Crippen molar-refractivity contribution in [2.24, 2.45) is 0 Å². The van der Waals surface area contributed by atoms with E-state index >= 15 is 0 Å². The second-order valence-corrected chi connectivity index (χ2v) is 0.0833. The smallest absolute Gasteiger partial charge is 0.186 e. The molecule has 0 aromatic heterocycles. The Balaban J connectivity index is -0.0000000200. The molecule has 0 radical (unpaired) electrons. The Morgan fingerprint density at radius 1 is 1.20 bits per heavy atom. The Morgan fingerprint density at radius 3 is 1.20 bits per heavy atom. The predicted molar refractivity (Wildman–Crippen MR) is 5.01 cm³/mol. The van der Waals surface area contributed by atoms with Gasteiger partial charge in [0, 0.05) is 55.0 Å². The third kappa shape index (κ3) is 53.7. The van der Waals surface area contributed by atoms with Gasteiger partial charge in [0.15, 0.2) is 0 Å². The first-order valence-corrected chi connectivity index (χ1v) is 0.408. The molecule has 0 heterocycles. The van der Waals surface area contributed by atoms with Crippen LogP contribution in [0.25, 0.3) is 0 Å². The van der Waals surface area contributed by atoms with E-state index in [1.54, 1.807) is 0 Å². The average molecular weight is 179 g/mol. The first-order chi connectivity index (χ1) is 1.41. The van der Waals surface area contributed by atoms with E-state index in [4.69, 9.17) is 9.59 Å². The van der Waals surface area contributed by atoms with Gasteiger partial charge in [-0.1, -0.05) is 0 Å². The second kappa shape index (κ2) is 20.9. The molecular weight excluding hydrogens is 179 g/mol. The van der Waals surface area contributed by atoms with Crippen LogP contribution in [0.4, 0.5) is 0 Å². The average Bonchev–Trinajstić information content (AvgIpc) is 0.918. The summed E-state index contributed by atoms with van der Waals surface area (Å²) in [6.07, 6.45) is 0.250. The van der Waals surface area contributed by atoms with Crippen LogP contribution in [0, 0.1) is 55.0 Å². The van der Waals surface area contributed by atoms with Gasteiger partial charge in [-0.3, -0.25) is 0 Å². The summed E-state index contributed by atoms with van der Waals surface area (Å²) in [6, 6.07) is 0. The molecule has 0 aromatic rings. The first kappa shape index (κ1) is 16.9. The Bertz CT molecular complexity index is 30.6. The fourth-order valence-electron chi connectivity index (χ4n) is 0. The molecule has 0 aliphatic carbocycles. The third-order valence-electron chi connectivity index (χ3n) is 0. The van der Waals surface area contributed by atoms with Gasteiger partial charge < -0.3 is 0 Å². The van der Waals surface area contributed by atoms with E-state index in [1.807, 2.05) is 0 Å². The zero-order valence-corrected chi connectivity index (χ0v) is 4.40. The zero-order chi connectivity index (χ0) is 2.71. The predicted octanol–water partition coefficient (Wildman–Crippen LogP) is -0.584. The van der Waals surface area contributed by atoms with Crippen LogP contribution in [0.2, 0.25) is 0 Å². The molecule has 0 N–H and O–H groups in total. The van der Waals surface area contributed by atoms with Crippen molar-refractivity contribution >= 4 is 6.15 Å². The van der Waals surface area contributed by atoms with Crippen LogP contribution in [0.5, 0.6) is 0 Å². The SMILES string of the molecule is O=C=O.[He].[Xe]. The molecule has 2 nitrogen and oxygen atoms in total. The van der Waals surface area contributed by atoms with E-state index < -0.39 is 0 Å². The maximum atomic E-state index is 8.12. The molecule has 0 aliphatic rings. The first-order valence-electron chi connectivity index (χ1n) is 0.408. The van der Waals surface area contributed by atoms with Gasteiger partial charge in [0.05, 0.1) is 0 Å². The van der Waals surface area contributed by atoms with E-state index in [9.17, 15) is 0 Å². The molecule has 0 atom stereocenters. The third-order valence-corrected chi connectivity index (χ3v) is 0. The van der Waals surface area contributed by atoms with Crippen molar-refractivity contribution in [1.29, 1.82) is 0 Å². The minimum absolute atomic E-state index is 0. The van der Waals surface area contributed by atoms with Crippen molar-refractivity contribution in [1.82, 2.24) is 0 Å². The van der Waals surface area contributed by atoms with Crippen molar-refractivity contribution in [3.63, 3.8) is 0 Å². The van der Waals surface area contributed by atoms with Crippen molar-refractivity contribution in [3.05, 3.63) is 0 Å². The van der Waals surface area contributed by atoms with Crippen molar-refractivity contribution in [2.75, 3.05) is 0 Å². The van der Waals surface area contributed by atoms with Crippen LogP contribution in [0.15, 0.2) is 0 Å². The fraction of sp³-hybridized carbons (Fsp3) is 0. The van der Waals surface area contributed by atoms with Crippen molar-refractivity contribution in [2.45, 2.75) is 0 Å². The molecule has 4 heteroatoms. The Kier molecular flexibility index (Phi) is 70.8. The van der Waals surface area contributed by atoms with Gasteiger partial charge in [0.2, 0.25) is 0 Å². The standard InChI is InChI=1S/CO2.He.Xe/c2-1-3;;. The molecular formula is CHeO2Xe. The largest absolute Gasteiger partial charge is 0.373 e. The summed E-state index contributed by atoms with van der Waals surface area (Å²) < 4.78 is 0. The maximum Gasteiger partial charge on any atom is 0.373 e. The van der Waals surface area contributed by atoms with Crippen molar-refractivity contribution in [3.8, 4) is 0 Å². The summed E-state index contributed by atoms with van der Waals surface area (Å²) in [6.45, 7) is 0. The Morgan fingerprint density at radius 2 is 1.20 bits per heavy atom. The van der Waals surface area contributed by atoms with E-state index in [-0.39, 0.29) is 61.2 Å². The summed E-state index contributed by atoms with van der Waals surface area (Å²) in [5, 5.41) is 0. The summed E-state index contributed by atoms with van der Waals surface area (Å²) >= 11 is 0. The van der Waals surface area contributed by atoms with Gasteiger partial charge in [-0.05, 0) is 0 Å². The van der Waals surface area contributed by atoms with Crippen LogP contribution in [-0.4, -0.2) is 6.15 Å². The quantitative estimate of drug-likeness (QED) is 0.498. The van der Waals surface area contributed by atoms with Crippen molar-refractivity contribution < 1.29 is 64.6 Å². The van der Waals surface area contributed by atoms with Gasteiger partial charge >= 0.3 is 6.15 Å². The van der Waals surface area contributed by atoms with Crippen LogP contribution >= 0.6 is 0 Å². The van der Waals surface area contributed by atoms with Crippen LogP contribution in [-0.2, 0) is 9.59 Å². The summed E-state index contributed by atoms with van der Waals surface area (Å²) in [4.78, 5) is 16.2. The van der Waals surface area contributed by atoms with E-state index in [1.165, 1.54) is 0 Å². The molecule has 0 saturated heterocycles. The van der Waals surface area contributed by atoms with Crippen LogP contribution in [0.3, 0.4) is 0 Å². The number of carbonyl (C=O) groups excluding carboxylic acids is 2. The molecule has 0 bridgehead atoms. The maximum absolute atomic E-state index is 8.12. The second-order valence-electron chi connectivity index (χ2n) is 0.0833. The molecule has 0 aliphatic heterocycles. The fourth-order valence-corrected chi connectivity index (χ4v) is 0. The Labute approximate surface area is 69.8 Å². The summed E-state index contributed by atoms with van der Waals surface area (Å²) in [5.41, 5.74) is 0. The molecule has 5 heavy (non-hydrogen) atoms. The molecule has 0 saturated carbocycles. The van der Waals surface area contributed by atoms with Gasteiger partial charge in [-0.15, -0.1) is 0 Å². The minimum Gasteiger partial charge on any atom is -0.186 e. The van der Waals surface area contributed by atoms with Crippen LogP contribution < -0.4 is 0 Å². The van der Waals surface area contributed by atoms with Gasteiger partial charge in [0.1, 0.15) is 0 Å².